The van der Waals surface area contributed by atoms with Crippen molar-refractivity contribution in [3.63, 3.8) is 0 Å². The third-order valence-electron chi connectivity index (χ3n) is 2.89. The normalized spacial score (nSPS) is 11.5. The van der Waals surface area contributed by atoms with Crippen LogP contribution in [0.5, 0.6) is 0 Å². The van der Waals surface area contributed by atoms with E-state index in [4.69, 9.17) is 17.3 Å². The lowest BCUT2D eigenvalue weighted by atomic mass is 10.2. The SMILES string of the molecule is NCCCNC(=O)c1cnn(-c2ncccc2Cl)c1C(F)(F)F. The molecule has 0 saturated heterocycles. The van der Waals surface area contributed by atoms with Crippen LogP contribution in [-0.2, 0) is 6.18 Å². The van der Waals surface area contributed by atoms with Crippen molar-refractivity contribution in [3.8, 4) is 5.82 Å². The number of carbonyl (C=O) groups excluding carboxylic acids is 1. The molecule has 10 heteroatoms. The predicted molar refractivity (Wildman–Crippen MR) is 77.4 cm³/mol. The Kier molecular flexibility index (Phi) is 5.22. The Labute approximate surface area is 134 Å². The molecule has 6 nitrogen and oxygen atoms in total. The molecule has 0 aliphatic rings. The molecule has 0 unspecified atom stereocenters. The molecule has 0 aliphatic heterocycles. The summed E-state index contributed by atoms with van der Waals surface area (Å²) in [6.45, 7) is 0.483. The first-order chi connectivity index (χ1) is 10.9. The summed E-state index contributed by atoms with van der Waals surface area (Å²) >= 11 is 5.87. The number of hydrogen-bond donors (Lipinski definition) is 2. The van der Waals surface area contributed by atoms with Gasteiger partial charge in [0.25, 0.3) is 5.91 Å². The number of pyridine rings is 1. The average molecular weight is 348 g/mol. The van der Waals surface area contributed by atoms with Gasteiger partial charge in [-0.1, -0.05) is 11.6 Å². The fourth-order valence-corrected chi connectivity index (χ4v) is 2.08. The number of amides is 1. The first kappa shape index (κ1) is 17.2. The van der Waals surface area contributed by atoms with E-state index in [-0.39, 0.29) is 17.4 Å². The van der Waals surface area contributed by atoms with Crippen molar-refractivity contribution in [2.45, 2.75) is 12.6 Å². The van der Waals surface area contributed by atoms with Crippen molar-refractivity contribution in [1.29, 1.82) is 0 Å². The van der Waals surface area contributed by atoms with E-state index in [0.717, 1.165) is 6.20 Å². The number of halogens is 4. The minimum absolute atomic E-state index is 0.0174. The van der Waals surface area contributed by atoms with Crippen LogP contribution < -0.4 is 11.1 Å². The molecule has 23 heavy (non-hydrogen) atoms. The van der Waals surface area contributed by atoms with Gasteiger partial charge in [0.05, 0.1) is 16.8 Å². The zero-order chi connectivity index (χ0) is 17.0. The van der Waals surface area contributed by atoms with Gasteiger partial charge >= 0.3 is 6.18 Å². The standard InChI is InChI=1S/C13H13ClF3N5O/c14-9-3-1-5-19-11(9)22-10(13(15,16)17)8(7-21-22)12(23)20-6-2-4-18/h1,3,5,7H,2,4,6,18H2,(H,20,23). The van der Waals surface area contributed by atoms with Gasteiger partial charge in [0.15, 0.2) is 11.5 Å². The molecule has 2 rings (SSSR count). The van der Waals surface area contributed by atoms with E-state index in [1.807, 2.05) is 0 Å². The molecular formula is C13H13ClF3N5O. The summed E-state index contributed by atoms with van der Waals surface area (Å²) in [5.41, 5.74) is 3.44. The summed E-state index contributed by atoms with van der Waals surface area (Å²) in [5, 5.41) is 5.98. The lowest BCUT2D eigenvalue weighted by Gasteiger charge is -2.12. The number of aromatic nitrogens is 3. The number of nitrogens with two attached hydrogens (primary N) is 1. The number of carbonyl (C=O) groups is 1. The molecule has 0 aliphatic carbocycles. The van der Waals surface area contributed by atoms with Gasteiger partial charge in [0, 0.05) is 12.7 Å². The fourth-order valence-electron chi connectivity index (χ4n) is 1.88. The van der Waals surface area contributed by atoms with Gasteiger partial charge in [-0.15, -0.1) is 0 Å². The van der Waals surface area contributed by atoms with E-state index >= 15 is 0 Å². The summed E-state index contributed by atoms with van der Waals surface area (Å²) in [4.78, 5) is 15.7. The van der Waals surface area contributed by atoms with Gasteiger partial charge in [-0.05, 0) is 25.1 Å². The van der Waals surface area contributed by atoms with E-state index in [9.17, 15) is 18.0 Å². The van der Waals surface area contributed by atoms with E-state index in [1.54, 1.807) is 0 Å². The van der Waals surface area contributed by atoms with Crippen LogP contribution in [0.4, 0.5) is 13.2 Å². The molecule has 0 aromatic carbocycles. The highest BCUT2D eigenvalue weighted by Crippen LogP contribution is 2.34. The topological polar surface area (TPSA) is 85.8 Å². The zero-order valence-corrected chi connectivity index (χ0v) is 12.5. The summed E-state index contributed by atoms with van der Waals surface area (Å²) in [6, 6.07) is 2.86. The van der Waals surface area contributed by atoms with E-state index in [0.29, 0.717) is 17.6 Å². The second-order valence-corrected chi connectivity index (χ2v) is 4.93. The molecule has 124 valence electrons. The largest absolute Gasteiger partial charge is 0.434 e. The van der Waals surface area contributed by atoms with Crippen LogP contribution in [0.25, 0.3) is 5.82 Å². The van der Waals surface area contributed by atoms with Gasteiger partial charge in [-0.2, -0.15) is 18.3 Å². The molecule has 2 heterocycles. The Morgan fingerprint density at radius 3 is 2.78 bits per heavy atom. The van der Waals surface area contributed by atoms with Crippen LogP contribution in [-0.4, -0.2) is 33.8 Å². The highest BCUT2D eigenvalue weighted by Gasteiger charge is 2.41. The Balaban J connectivity index is 2.46. The Morgan fingerprint density at radius 2 is 2.17 bits per heavy atom. The highest BCUT2D eigenvalue weighted by atomic mass is 35.5. The number of nitrogens with one attached hydrogen (secondary N) is 1. The minimum Gasteiger partial charge on any atom is -0.352 e. The van der Waals surface area contributed by atoms with Crippen LogP contribution in [0.15, 0.2) is 24.5 Å². The van der Waals surface area contributed by atoms with Crippen molar-refractivity contribution in [3.05, 3.63) is 40.8 Å². The quantitative estimate of drug-likeness (QED) is 0.810. The number of alkyl halides is 3. The summed E-state index contributed by atoms with van der Waals surface area (Å²) in [5.74, 6) is -1.09. The van der Waals surface area contributed by atoms with E-state index in [2.05, 4.69) is 15.4 Å². The zero-order valence-electron chi connectivity index (χ0n) is 11.8. The van der Waals surface area contributed by atoms with Crippen LogP contribution in [0.2, 0.25) is 5.02 Å². The van der Waals surface area contributed by atoms with Crippen molar-refractivity contribution >= 4 is 17.5 Å². The maximum Gasteiger partial charge on any atom is 0.434 e. The van der Waals surface area contributed by atoms with Crippen molar-refractivity contribution in [2.24, 2.45) is 5.73 Å². The molecule has 0 fully saturated rings. The number of nitrogens with zero attached hydrogens (tertiary/aromatic N) is 3. The maximum atomic E-state index is 13.4. The van der Waals surface area contributed by atoms with Crippen molar-refractivity contribution in [2.75, 3.05) is 13.1 Å². The molecule has 1 amide bonds. The molecule has 0 bridgehead atoms. The third-order valence-corrected chi connectivity index (χ3v) is 3.18. The maximum absolute atomic E-state index is 13.4. The average Bonchev–Trinajstić information content (AvgIpc) is 2.93. The second kappa shape index (κ2) is 6.97. The molecule has 3 N–H and O–H groups in total. The molecular weight excluding hydrogens is 335 g/mol. The smallest absolute Gasteiger partial charge is 0.352 e. The van der Waals surface area contributed by atoms with Gasteiger partial charge in [0.1, 0.15) is 0 Å². The van der Waals surface area contributed by atoms with Gasteiger partial charge in [-0.3, -0.25) is 4.79 Å². The van der Waals surface area contributed by atoms with Gasteiger partial charge in [0.2, 0.25) is 0 Å². The van der Waals surface area contributed by atoms with Crippen LogP contribution >= 0.6 is 11.6 Å². The van der Waals surface area contributed by atoms with Crippen molar-refractivity contribution < 1.29 is 18.0 Å². The molecule has 0 radical (unpaired) electrons. The van der Waals surface area contributed by atoms with E-state index in [1.165, 1.54) is 18.3 Å². The molecule has 2 aromatic rings. The van der Waals surface area contributed by atoms with Crippen LogP contribution in [0, 0.1) is 0 Å². The second-order valence-electron chi connectivity index (χ2n) is 4.52. The Morgan fingerprint density at radius 1 is 1.43 bits per heavy atom. The lowest BCUT2D eigenvalue weighted by Crippen LogP contribution is -2.28. The first-order valence-corrected chi connectivity index (χ1v) is 6.98. The van der Waals surface area contributed by atoms with E-state index < -0.39 is 23.3 Å². The van der Waals surface area contributed by atoms with Gasteiger partial charge < -0.3 is 11.1 Å². The Hall–Kier alpha value is -2.13. The molecule has 0 atom stereocenters. The first-order valence-electron chi connectivity index (χ1n) is 6.60. The van der Waals surface area contributed by atoms with Crippen LogP contribution in [0.3, 0.4) is 0 Å². The van der Waals surface area contributed by atoms with Crippen molar-refractivity contribution in [1.82, 2.24) is 20.1 Å². The lowest BCUT2D eigenvalue weighted by molar-refractivity contribution is -0.143. The number of rotatable bonds is 5. The monoisotopic (exact) mass is 347 g/mol. The van der Waals surface area contributed by atoms with Gasteiger partial charge in [-0.25, -0.2) is 9.67 Å². The summed E-state index contributed by atoms with van der Waals surface area (Å²) in [7, 11) is 0. The highest BCUT2D eigenvalue weighted by molar-refractivity contribution is 6.32. The fraction of sp³-hybridized carbons (Fsp3) is 0.308. The minimum atomic E-state index is -4.81. The Bertz CT molecular complexity index is 701. The van der Waals surface area contributed by atoms with Crippen LogP contribution in [0.1, 0.15) is 22.5 Å². The summed E-state index contributed by atoms with van der Waals surface area (Å²) < 4.78 is 40.6. The molecule has 2 aromatic heterocycles. The molecule has 0 saturated carbocycles. The summed E-state index contributed by atoms with van der Waals surface area (Å²) in [6.07, 6.45) is -2.24. The number of hydrogen-bond acceptors (Lipinski definition) is 4. The third kappa shape index (κ3) is 3.80. The predicted octanol–water partition coefficient (Wildman–Crippen LogP) is 2.02. The molecule has 0 spiro atoms.